The van der Waals surface area contributed by atoms with Crippen LogP contribution in [0.4, 0.5) is 0 Å². The fourth-order valence-electron chi connectivity index (χ4n) is 2.13. The lowest BCUT2D eigenvalue weighted by Crippen LogP contribution is -2.31. The molecule has 0 aliphatic carbocycles. The first kappa shape index (κ1) is 15.0. The number of ether oxygens (including phenoxy) is 2. The van der Waals surface area contributed by atoms with E-state index < -0.39 is 0 Å². The molecule has 1 aromatic rings. The summed E-state index contributed by atoms with van der Waals surface area (Å²) < 4.78 is 13.0. The van der Waals surface area contributed by atoms with Crippen molar-refractivity contribution in [2.24, 2.45) is 5.73 Å². The van der Waals surface area contributed by atoms with Crippen LogP contribution in [0, 0.1) is 0 Å². The Kier molecular flexibility index (Phi) is 6.15. The standard InChI is InChI=1S/C13H25N3O2/c1-5-8-16-13(11(17-4)9-15-16)12(14)10(6-2)18-7-3/h9-10,12H,5-8,14H2,1-4H3. The second-order valence-corrected chi connectivity index (χ2v) is 4.25. The lowest BCUT2D eigenvalue weighted by atomic mass is 10.1. The zero-order valence-corrected chi connectivity index (χ0v) is 11.8. The Balaban J connectivity index is 3.00. The van der Waals surface area contributed by atoms with Gasteiger partial charge in [0, 0.05) is 13.2 Å². The van der Waals surface area contributed by atoms with E-state index in [4.69, 9.17) is 15.2 Å². The van der Waals surface area contributed by atoms with Gasteiger partial charge in [-0.3, -0.25) is 4.68 Å². The molecule has 104 valence electrons. The quantitative estimate of drug-likeness (QED) is 0.773. The van der Waals surface area contributed by atoms with Crippen molar-refractivity contribution in [1.82, 2.24) is 9.78 Å². The molecule has 0 aromatic carbocycles. The smallest absolute Gasteiger partial charge is 0.161 e. The van der Waals surface area contributed by atoms with Crippen molar-refractivity contribution in [2.75, 3.05) is 13.7 Å². The average Bonchev–Trinajstić information content (AvgIpc) is 2.78. The molecular formula is C13H25N3O2. The van der Waals surface area contributed by atoms with E-state index in [9.17, 15) is 0 Å². The van der Waals surface area contributed by atoms with Gasteiger partial charge in [0.25, 0.3) is 0 Å². The minimum Gasteiger partial charge on any atom is -0.493 e. The van der Waals surface area contributed by atoms with Crippen LogP contribution in [0.3, 0.4) is 0 Å². The molecule has 1 aromatic heterocycles. The maximum Gasteiger partial charge on any atom is 0.161 e. The number of nitrogens with two attached hydrogens (primary N) is 1. The summed E-state index contributed by atoms with van der Waals surface area (Å²) in [5.74, 6) is 0.745. The average molecular weight is 255 g/mol. The Hall–Kier alpha value is -1.07. The van der Waals surface area contributed by atoms with Gasteiger partial charge in [0.05, 0.1) is 31.1 Å². The minimum absolute atomic E-state index is 0.00351. The predicted octanol–water partition coefficient (Wildman–Crippen LogP) is 2.12. The highest BCUT2D eigenvalue weighted by molar-refractivity contribution is 5.29. The van der Waals surface area contributed by atoms with E-state index >= 15 is 0 Å². The van der Waals surface area contributed by atoms with Gasteiger partial charge < -0.3 is 15.2 Å². The van der Waals surface area contributed by atoms with E-state index in [0.29, 0.717) is 6.61 Å². The highest BCUT2D eigenvalue weighted by Gasteiger charge is 2.25. The summed E-state index contributed by atoms with van der Waals surface area (Å²) in [7, 11) is 1.64. The summed E-state index contributed by atoms with van der Waals surface area (Å²) in [5, 5.41) is 4.33. The van der Waals surface area contributed by atoms with Crippen molar-refractivity contribution < 1.29 is 9.47 Å². The van der Waals surface area contributed by atoms with E-state index in [1.165, 1.54) is 0 Å². The Morgan fingerprint density at radius 3 is 2.61 bits per heavy atom. The molecule has 1 rings (SSSR count). The third-order valence-electron chi connectivity index (χ3n) is 3.00. The molecular weight excluding hydrogens is 230 g/mol. The highest BCUT2D eigenvalue weighted by Crippen LogP contribution is 2.28. The number of methoxy groups -OCH3 is 1. The second-order valence-electron chi connectivity index (χ2n) is 4.25. The lowest BCUT2D eigenvalue weighted by molar-refractivity contribution is 0.0387. The topological polar surface area (TPSA) is 62.3 Å². The van der Waals surface area contributed by atoms with Crippen LogP contribution in [-0.2, 0) is 11.3 Å². The van der Waals surface area contributed by atoms with Gasteiger partial charge in [0.1, 0.15) is 0 Å². The molecule has 2 unspecified atom stereocenters. The largest absolute Gasteiger partial charge is 0.493 e. The molecule has 5 heteroatoms. The van der Waals surface area contributed by atoms with Crippen LogP contribution in [0.1, 0.15) is 45.3 Å². The summed E-state index contributed by atoms with van der Waals surface area (Å²) in [6, 6.07) is -0.209. The number of hydrogen-bond donors (Lipinski definition) is 1. The fraction of sp³-hybridized carbons (Fsp3) is 0.769. The first-order valence-corrected chi connectivity index (χ1v) is 6.66. The molecule has 18 heavy (non-hydrogen) atoms. The van der Waals surface area contributed by atoms with Crippen LogP contribution in [0.5, 0.6) is 5.75 Å². The van der Waals surface area contributed by atoms with E-state index in [1.807, 2.05) is 11.6 Å². The normalized spacial score (nSPS) is 14.5. The molecule has 0 aliphatic heterocycles. The summed E-state index contributed by atoms with van der Waals surface area (Å²) in [6.45, 7) is 7.68. The number of aromatic nitrogens is 2. The summed E-state index contributed by atoms with van der Waals surface area (Å²) in [4.78, 5) is 0. The van der Waals surface area contributed by atoms with Gasteiger partial charge in [-0.05, 0) is 19.8 Å². The molecule has 1 heterocycles. The number of aryl methyl sites for hydroxylation is 1. The van der Waals surface area contributed by atoms with E-state index in [1.54, 1.807) is 13.3 Å². The Morgan fingerprint density at radius 1 is 1.39 bits per heavy atom. The van der Waals surface area contributed by atoms with Gasteiger partial charge in [-0.2, -0.15) is 5.10 Å². The first-order chi connectivity index (χ1) is 8.69. The van der Waals surface area contributed by atoms with Crippen molar-refractivity contribution in [3.05, 3.63) is 11.9 Å². The van der Waals surface area contributed by atoms with Crippen molar-refractivity contribution in [1.29, 1.82) is 0 Å². The number of nitrogens with zero attached hydrogens (tertiary/aromatic N) is 2. The molecule has 0 saturated heterocycles. The monoisotopic (exact) mass is 255 g/mol. The third-order valence-corrected chi connectivity index (χ3v) is 3.00. The summed E-state index contributed by atoms with van der Waals surface area (Å²) >= 11 is 0. The van der Waals surface area contributed by atoms with Crippen LogP contribution in [-0.4, -0.2) is 29.6 Å². The highest BCUT2D eigenvalue weighted by atomic mass is 16.5. The number of rotatable bonds is 8. The van der Waals surface area contributed by atoms with Crippen LogP contribution in [0.15, 0.2) is 6.20 Å². The second kappa shape index (κ2) is 7.38. The molecule has 2 N–H and O–H groups in total. The first-order valence-electron chi connectivity index (χ1n) is 6.66. The van der Waals surface area contributed by atoms with Crippen LogP contribution in [0.25, 0.3) is 0 Å². The summed E-state index contributed by atoms with van der Waals surface area (Å²) in [6.07, 6.45) is 3.60. The van der Waals surface area contributed by atoms with Crippen molar-refractivity contribution in [3.8, 4) is 5.75 Å². The predicted molar refractivity (Wildman–Crippen MR) is 71.7 cm³/mol. The molecule has 0 aliphatic rings. The maximum absolute atomic E-state index is 6.32. The van der Waals surface area contributed by atoms with Gasteiger partial charge in [-0.1, -0.05) is 13.8 Å². The molecule has 0 bridgehead atoms. The summed E-state index contributed by atoms with van der Waals surface area (Å²) in [5.41, 5.74) is 7.25. The van der Waals surface area contributed by atoms with Crippen LogP contribution >= 0.6 is 0 Å². The Bertz CT molecular complexity index is 352. The van der Waals surface area contributed by atoms with Crippen LogP contribution < -0.4 is 10.5 Å². The Labute approximate surface area is 109 Å². The zero-order valence-electron chi connectivity index (χ0n) is 11.8. The van der Waals surface area contributed by atoms with Crippen molar-refractivity contribution in [2.45, 2.75) is 52.3 Å². The van der Waals surface area contributed by atoms with Crippen molar-refractivity contribution >= 4 is 0 Å². The van der Waals surface area contributed by atoms with E-state index in [2.05, 4.69) is 18.9 Å². The molecule has 0 radical (unpaired) electrons. The molecule has 0 amide bonds. The van der Waals surface area contributed by atoms with Gasteiger partial charge in [0.2, 0.25) is 0 Å². The molecule has 0 saturated carbocycles. The van der Waals surface area contributed by atoms with Crippen LogP contribution in [0.2, 0.25) is 0 Å². The molecule has 5 nitrogen and oxygen atoms in total. The van der Waals surface area contributed by atoms with E-state index in [0.717, 1.165) is 30.8 Å². The lowest BCUT2D eigenvalue weighted by Gasteiger charge is -2.24. The Morgan fingerprint density at radius 2 is 2.11 bits per heavy atom. The third kappa shape index (κ3) is 3.23. The molecule has 2 atom stereocenters. The van der Waals surface area contributed by atoms with Gasteiger partial charge in [0.15, 0.2) is 5.75 Å². The SMILES string of the molecule is CCCn1ncc(OC)c1C(N)C(CC)OCC. The number of hydrogen-bond acceptors (Lipinski definition) is 4. The fourth-order valence-corrected chi connectivity index (χ4v) is 2.13. The maximum atomic E-state index is 6.32. The van der Waals surface area contributed by atoms with Gasteiger partial charge in [-0.25, -0.2) is 0 Å². The molecule has 0 fully saturated rings. The van der Waals surface area contributed by atoms with Crippen molar-refractivity contribution in [3.63, 3.8) is 0 Å². The van der Waals surface area contributed by atoms with Gasteiger partial charge >= 0.3 is 0 Å². The minimum atomic E-state index is -0.209. The van der Waals surface area contributed by atoms with Gasteiger partial charge in [-0.15, -0.1) is 0 Å². The van der Waals surface area contributed by atoms with E-state index in [-0.39, 0.29) is 12.1 Å². The zero-order chi connectivity index (χ0) is 13.5. The molecule has 0 spiro atoms.